The number of aromatic amines is 1. The van der Waals surface area contributed by atoms with Crippen molar-refractivity contribution in [3.05, 3.63) is 51.8 Å². The average molecular weight is 258 g/mol. The normalized spacial score (nSPS) is 11.1. The van der Waals surface area contributed by atoms with Gasteiger partial charge in [0, 0.05) is 16.8 Å². The summed E-state index contributed by atoms with van der Waals surface area (Å²) in [6.07, 6.45) is 0. The van der Waals surface area contributed by atoms with E-state index >= 15 is 0 Å². The van der Waals surface area contributed by atoms with Crippen molar-refractivity contribution < 1.29 is 4.39 Å². The molecular formula is C13H11FN4O. The maximum Gasteiger partial charge on any atom is 0.349 e. The Hall–Kier alpha value is -2.50. The highest BCUT2D eigenvalue weighted by Gasteiger charge is 2.14. The highest BCUT2D eigenvalue weighted by molar-refractivity contribution is 5.62. The Morgan fingerprint density at radius 2 is 1.89 bits per heavy atom. The minimum atomic E-state index is -0.357. The van der Waals surface area contributed by atoms with Gasteiger partial charge in [0.25, 0.3) is 0 Å². The maximum atomic E-state index is 13.0. The topological polar surface area (TPSA) is 63.1 Å². The van der Waals surface area contributed by atoms with Crippen LogP contribution in [0.1, 0.15) is 11.3 Å². The molecule has 96 valence electrons. The highest BCUT2D eigenvalue weighted by Crippen LogP contribution is 2.20. The van der Waals surface area contributed by atoms with Crippen molar-refractivity contribution >= 4 is 5.65 Å². The number of H-pyrrole nitrogens is 1. The summed E-state index contributed by atoms with van der Waals surface area (Å²) >= 11 is 0. The van der Waals surface area contributed by atoms with E-state index in [4.69, 9.17) is 0 Å². The van der Waals surface area contributed by atoms with Crippen LogP contribution in [0.5, 0.6) is 0 Å². The summed E-state index contributed by atoms with van der Waals surface area (Å²) in [5, 5.41) is 6.40. The van der Waals surface area contributed by atoms with E-state index in [0.29, 0.717) is 17.0 Å². The van der Waals surface area contributed by atoms with E-state index in [9.17, 15) is 9.18 Å². The van der Waals surface area contributed by atoms with Gasteiger partial charge in [-0.1, -0.05) is 0 Å². The van der Waals surface area contributed by atoms with Gasteiger partial charge in [-0.15, -0.1) is 0 Å². The van der Waals surface area contributed by atoms with Crippen molar-refractivity contribution in [2.24, 2.45) is 0 Å². The second-order valence-corrected chi connectivity index (χ2v) is 4.34. The molecule has 1 aromatic carbocycles. The van der Waals surface area contributed by atoms with Gasteiger partial charge in [-0.3, -0.25) is 0 Å². The van der Waals surface area contributed by atoms with E-state index in [0.717, 1.165) is 11.3 Å². The van der Waals surface area contributed by atoms with E-state index in [-0.39, 0.29) is 11.5 Å². The summed E-state index contributed by atoms with van der Waals surface area (Å²) < 4.78 is 14.4. The molecule has 0 aliphatic carbocycles. The Balaban J connectivity index is 2.40. The van der Waals surface area contributed by atoms with Gasteiger partial charge in [-0.05, 0) is 38.1 Å². The van der Waals surface area contributed by atoms with Crippen LogP contribution in [0.25, 0.3) is 17.0 Å². The number of aromatic nitrogens is 4. The summed E-state index contributed by atoms with van der Waals surface area (Å²) in [4.78, 5) is 16.2. The third-order valence-corrected chi connectivity index (χ3v) is 3.14. The third-order valence-electron chi connectivity index (χ3n) is 3.14. The predicted molar refractivity (Wildman–Crippen MR) is 68.5 cm³/mol. The molecule has 3 aromatic rings. The number of nitrogens with one attached hydrogen (secondary N) is 1. The van der Waals surface area contributed by atoms with Crippen LogP contribution < -0.4 is 5.69 Å². The molecule has 2 heterocycles. The second-order valence-electron chi connectivity index (χ2n) is 4.34. The molecule has 1 N–H and O–H groups in total. The maximum absolute atomic E-state index is 13.0. The Morgan fingerprint density at radius 3 is 2.58 bits per heavy atom. The van der Waals surface area contributed by atoms with Crippen LogP contribution in [0.15, 0.2) is 29.1 Å². The lowest BCUT2D eigenvalue weighted by molar-refractivity contribution is 0.628. The van der Waals surface area contributed by atoms with Gasteiger partial charge in [-0.25, -0.2) is 23.7 Å². The van der Waals surface area contributed by atoms with Crippen LogP contribution in [0, 0.1) is 19.7 Å². The fourth-order valence-corrected chi connectivity index (χ4v) is 1.99. The first-order chi connectivity index (χ1) is 9.08. The molecule has 0 saturated heterocycles. The van der Waals surface area contributed by atoms with Crippen LogP contribution >= 0.6 is 0 Å². The molecule has 2 aromatic heterocycles. The van der Waals surface area contributed by atoms with Gasteiger partial charge >= 0.3 is 5.69 Å². The molecule has 0 radical (unpaired) electrons. The van der Waals surface area contributed by atoms with Crippen molar-refractivity contribution in [2.45, 2.75) is 13.8 Å². The molecule has 3 rings (SSSR count). The Kier molecular flexibility index (Phi) is 2.45. The van der Waals surface area contributed by atoms with Crippen LogP contribution in [0.4, 0.5) is 4.39 Å². The first-order valence-electron chi connectivity index (χ1n) is 5.78. The molecule has 5 nitrogen and oxygen atoms in total. The molecule has 6 heteroatoms. The van der Waals surface area contributed by atoms with Gasteiger partial charge in [-0.2, -0.15) is 5.10 Å². The van der Waals surface area contributed by atoms with E-state index < -0.39 is 0 Å². The monoisotopic (exact) mass is 258 g/mol. The standard InChI is InChI=1S/C13H11FN4O/c1-7-8(2)15-12(9-3-5-10(14)6-4-9)18-11(7)16-17-13(18)19/h3-6H,1-2H3,(H,17,19). The molecule has 0 aliphatic heterocycles. The van der Waals surface area contributed by atoms with Gasteiger partial charge in [0.1, 0.15) is 11.6 Å². The van der Waals surface area contributed by atoms with Gasteiger partial charge in [0.05, 0.1) is 0 Å². The fraction of sp³-hybridized carbons (Fsp3) is 0.154. The van der Waals surface area contributed by atoms with Crippen molar-refractivity contribution in [2.75, 3.05) is 0 Å². The number of nitrogens with zero attached hydrogens (tertiary/aromatic N) is 3. The molecule has 0 amide bonds. The third kappa shape index (κ3) is 1.72. The Bertz CT molecular complexity index is 817. The zero-order chi connectivity index (χ0) is 13.6. The number of fused-ring (bicyclic) bond motifs is 1. The SMILES string of the molecule is Cc1nc(-c2ccc(F)cc2)n2c(=O)[nH]nc2c1C. The van der Waals surface area contributed by atoms with E-state index in [1.54, 1.807) is 12.1 Å². The van der Waals surface area contributed by atoms with Gasteiger partial charge in [0.2, 0.25) is 0 Å². The van der Waals surface area contributed by atoms with Gasteiger partial charge in [0.15, 0.2) is 5.65 Å². The van der Waals surface area contributed by atoms with Crippen molar-refractivity contribution in [1.29, 1.82) is 0 Å². The molecule has 0 spiro atoms. The van der Waals surface area contributed by atoms with Crippen molar-refractivity contribution in [3.63, 3.8) is 0 Å². The lowest BCUT2D eigenvalue weighted by Crippen LogP contribution is -2.14. The molecule has 0 unspecified atom stereocenters. The zero-order valence-electron chi connectivity index (χ0n) is 10.4. The Morgan fingerprint density at radius 1 is 1.21 bits per heavy atom. The van der Waals surface area contributed by atoms with E-state index in [1.165, 1.54) is 16.5 Å². The summed E-state index contributed by atoms with van der Waals surface area (Å²) in [6, 6.07) is 5.85. The number of hydrogen-bond donors (Lipinski definition) is 1. The molecule has 0 bridgehead atoms. The average Bonchev–Trinajstić information content (AvgIpc) is 2.78. The van der Waals surface area contributed by atoms with Crippen LogP contribution in [-0.4, -0.2) is 19.6 Å². The summed E-state index contributed by atoms with van der Waals surface area (Å²) in [5.74, 6) is 0.125. The largest absolute Gasteiger partial charge is 0.349 e. The number of benzene rings is 1. The van der Waals surface area contributed by atoms with Gasteiger partial charge < -0.3 is 0 Å². The molecule has 0 aliphatic rings. The number of halogens is 1. The molecule has 19 heavy (non-hydrogen) atoms. The first kappa shape index (κ1) is 11.6. The van der Waals surface area contributed by atoms with E-state index in [2.05, 4.69) is 15.2 Å². The quantitative estimate of drug-likeness (QED) is 0.724. The second kappa shape index (κ2) is 4.01. The van der Waals surface area contributed by atoms with Crippen molar-refractivity contribution in [1.82, 2.24) is 19.6 Å². The van der Waals surface area contributed by atoms with Crippen LogP contribution in [0.3, 0.4) is 0 Å². The minimum absolute atomic E-state index is 0.330. The van der Waals surface area contributed by atoms with Crippen LogP contribution in [0.2, 0.25) is 0 Å². The zero-order valence-corrected chi connectivity index (χ0v) is 10.4. The summed E-state index contributed by atoms with van der Waals surface area (Å²) in [5.41, 5.74) is 2.47. The summed E-state index contributed by atoms with van der Waals surface area (Å²) in [7, 11) is 0. The van der Waals surface area contributed by atoms with E-state index in [1.807, 2.05) is 13.8 Å². The molecule has 0 fully saturated rings. The lowest BCUT2D eigenvalue weighted by atomic mass is 10.2. The van der Waals surface area contributed by atoms with Crippen molar-refractivity contribution in [3.8, 4) is 11.4 Å². The molecule has 0 atom stereocenters. The number of rotatable bonds is 1. The molecule has 0 saturated carbocycles. The minimum Gasteiger partial charge on any atom is -0.246 e. The lowest BCUT2D eigenvalue weighted by Gasteiger charge is -2.07. The Labute approximate surface area is 107 Å². The molecular weight excluding hydrogens is 247 g/mol. The number of hydrogen-bond acceptors (Lipinski definition) is 3. The number of aryl methyl sites for hydroxylation is 2. The summed E-state index contributed by atoms with van der Waals surface area (Å²) in [6.45, 7) is 3.70. The fourth-order valence-electron chi connectivity index (χ4n) is 1.99. The highest BCUT2D eigenvalue weighted by atomic mass is 19.1. The predicted octanol–water partition coefficient (Wildman–Crippen LogP) is 1.84. The van der Waals surface area contributed by atoms with Crippen LogP contribution in [-0.2, 0) is 0 Å². The smallest absolute Gasteiger partial charge is 0.246 e. The first-order valence-corrected chi connectivity index (χ1v) is 5.78.